The zero-order chi connectivity index (χ0) is 34.1. The van der Waals surface area contributed by atoms with Crippen molar-refractivity contribution in [3.05, 3.63) is 48.6 Å². The molecule has 0 atom stereocenters. The molecule has 0 rings (SSSR count). The summed E-state index contributed by atoms with van der Waals surface area (Å²) in [6, 6.07) is 0. The molecule has 0 aliphatic heterocycles. The van der Waals surface area contributed by atoms with Crippen molar-refractivity contribution in [3.8, 4) is 0 Å². The summed E-state index contributed by atoms with van der Waals surface area (Å²) in [7, 11) is 0. The van der Waals surface area contributed by atoms with Crippen LogP contribution in [0.5, 0.6) is 0 Å². The Kier molecular flexibility index (Phi) is 26.9. The van der Waals surface area contributed by atoms with Crippen LogP contribution in [-0.2, 0) is 0 Å². The molecule has 0 unspecified atom stereocenters. The standard InChI is InChI=1S/C41H68S4/c1-9-13-17-21-25-29-33(5)37(42)41(38(43)34(6)30-26-22-18-14-10-2,39(44)35(7)31-27-23-19-15-11-3)40(45)36(8)32-28-24-20-16-12-4/h5-32H2,1-4H3. The highest BCUT2D eigenvalue weighted by Crippen LogP contribution is 2.41. The lowest BCUT2D eigenvalue weighted by Crippen LogP contribution is -2.52. The van der Waals surface area contributed by atoms with E-state index in [0.717, 1.165) is 73.7 Å². The number of thiocarbonyl (C=S) groups is 4. The smallest absolute Gasteiger partial charge is 0.0947 e. The molecular weight excluding hydrogens is 621 g/mol. The van der Waals surface area contributed by atoms with E-state index < -0.39 is 5.41 Å². The molecule has 0 fully saturated rings. The Morgan fingerprint density at radius 2 is 0.511 bits per heavy atom. The monoisotopic (exact) mass is 688 g/mol. The fraction of sp³-hybridized carbons (Fsp3) is 0.707. The second kappa shape index (κ2) is 27.3. The first-order valence-electron chi connectivity index (χ1n) is 18.5. The Morgan fingerprint density at radius 1 is 0.333 bits per heavy atom. The Labute approximate surface area is 302 Å². The summed E-state index contributed by atoms with van der Waals surface area (Å²) >= 11 is 25.7. The SMILES string of the molecule is C=C(CCCCCCC)C(=S)C(C(=S)C(=C)CCCCCCC)(C(=S)C(=C)CCCCCCC)C(=S)C(=C)CCCCCCC. The minimum atomic E-state index is -1.07. The van der Waals surface area contributed by atoms with Gasteiger partial charge in [-0.25, -0.2) is 0 Å². The molecule has 4 heteroatoms. The number of unbranched alkanes of at least 4 members (excludes halogenated alkanes) is 16. The second-order valence-corrected chi connectivity index (χ2v) is 14.8. The van der Waals surface area contributed by atoms with Gasteiger partial charge in [0.15, 0.2) is 0 Å². The third-order valence-corrected chi connectivity index (χ3v) is 11.4. The van der Waals surface area contributed by atoms with E-state index in [1.807, 2.05) is 0 Å². The Balaban J connectivity index is 6.56. The van der Waals surface area contributed by atoms with Crippen LogP contribution >= 0.6 is 48.9 Å². The van der Waals surface area contributed by atoms with E-state index in [-0.39, 0.29) is 0 Å². The molecule has 0 aromatic rings. The van der Waals surface area contributed by atoms with Crippen molar-refractivity contribution in [2.75, 3.05) is 0 Å². The average molecular weight is 689 g/mol. The first-order chi connectivity index (χ1) is 21.6. The molecule has 0 amide bonds. The fourth-order valence-electron chi connectivity index (χ4n) is 5.90. The molecule has 0 N–H and O–H groups in total. The maximum Gasteiger partial charge on any atom is 0.111 e. The van der Waals surface area contributed by atoms with Crippen LogP contribution < -0.4 is 0 Å². The number of rotatable bonds is 32. The summed E-state index contributed by atoms with van der Waals surface area (Å²) in [5.41, 5.74) is 2.63. The molecule has 0 aliphatic rings. The van der Waals surface area contributed by atoms with E-state index in [2.05, 4.69) is 54.0 Å². The zero-order valence-electron chi connectivity index (χ0n) is 29.9. The van der Waals surface area contributed by atoms with Crippen LogP contribution in [-0.4, -0.2) is 19.5 Å². The highest BCUT2D eigenvalue weighted by molar-refractivity contribution is 7.87. The van der Waals surface area contributed by atoms with Crippen molar-refractivity contribution >= 4 is 68.3 Å². The molecule has 0 aromatic carbocycles. The summed E-state index contributed by atoms with van der Waals surface area (Å²) in [4.78, 5) is 2.74. The van der Waals surface area contributed by atoms with Crippen LogP contribution in [0.2, 0.25) is 0 Å². The Bertz CT molecular complexity index is 808. The summed E-state index contributed by atoms with van der Waals surface area (Å²) in [6.07, 6.45) is 27.0. The van der Waals surface area contributed by atoms with Crippen molar-refractivity contribution in [2.24, 2.45) is 5.41 Å². The predicted octanol–water partition coefficient (Wildman–Crippen LogP) is 15.1. The van der Waals surface area contributed by atoms with Gasteiger partial charge in [0, 0.05) is 19.5 Å². The lowest BCUT2D eigenvalue weighted by atomic mass is 9.66. The van der Waals surface area contributed by atoms with Crippen molar-refractivity contribution in [1.29, 1.82) is 0 Å². The van der Waals surface area contributed by atoms with Gasteiger partial charge >= 0.3 is 0 Å². The molecule has 0 radical (unpaired) electrons. The topological polar surface area (TPSA) is 0 Å². The van der Waals surface area contributed by atoms with E-state index in [0.29, 0.717) is 19.5 Å². The van der Waals surface area contributed by atoms with E-state index >= 15 is 0 Å². The number of hydrogen-bond acceptors (Lipinski definition) is 4. The lowest BCUT2D eigenvalue weighted by Gasteiger charge is -2.40. The molecule has 0 bridgehead atoms. The number of allylic oxidation sites excluding steroid dienone is 4. The van der Waals surface area contributed by atoms with E-state index in [1.165, 1.54) is 103 Å². The Morgan fingerprint density at radius 3 is 0.689 bits per heavy atom. The van der Waals surface area contributed by atoms with Crippen LogP contribution in [0.25, 0.3) is 0 Å². The summed E-state index contributed by atoms with van der Waals surface area (Å²) < 4.78 is 0. The van der Waals surface area contributed by atoms with Gasteiger partial charge in [-0.2, -0.15) is 0 Å². The summed E-state index contributed by atoms with van der Waals surface area (Å²) in [5.74, 6) is 0. The Hall–Kier alpha value is -0.680. The van der Waals surface area contributed by atoms with Crippen LogP contribution in [0.3, 0.4) is 0 Å². The molecule has 256 valence electrons. The van der Waals surface area contributed by atoms with Gasteiger partial charge in [0.05, 0.1) is 0 Å². The van der Waals surface area contributed by atoms with Gasteiger partial charge < -0.3 is 0 Å². The molecule has 0 heterocycles. The van der Waals surface area contributed by atoms with Crippen molar-refractivity contribution in [1.82, 2.24) is 0 Å². The van der Waals surface area contributed by atoms with Crippen LogP contribution in [0, 0.1) is 5.41 Å². The van der Waals surface area contributed by atoms with Gasteiger partial charge in [0.1, 0.15) is 5.41 Å². The summed E-state index contributed by atoms with van der Waals surface area (Å²) in [6.45, 7) is 27.1. The van der Waals surface area contributed by atoms with Gasteiger partial charge in [-0.3, -0.25) is 0 Å². The minimum absolute atomic E-state index is 0.685. The molecule has 0 saturated heterocycles. The van der Waals surface area contributed by atoms with Gasteiger partial charge in [0.25, 0.3) is 0 Å². The van der Waals surface area contributed by atoms with Crippen LogP contribution in [0.15, 0.2) is 48.6 Å². The fourth-order valence-corrected chi connectivity index (χ4v) is 7.92. The molecule has 0 aliphatic carbocycles. The lowest BCUT2D eigenvalue weighted by molar-refractivity contribution is 0.632. The van der Waals surface area contributed by atoms with Crippen molar-refractivity contribution in [2.45, 2.75) is 182 Å². The van der Waals surface area contributed by atoms with Gasteiger partial charge in [0.2, 0.25) is 0 Å². The first-order valence-corrected chi connectivity index (χ1v) is 20.1. The van der Waals surface area contributed by atoms with Gasteiger partial charge in [-0.1, -0.05) is 206 Å². The maximum absolute atomic E-state index is 6.42. The first kappa shape index (κ1) is 44.3. The third kappa shape index (κ3) is 16.3. The molecular formula is C41H68S4. The molecule has 0 nitrogen and oxygen atoms in total. The van der Waals surface area contributed by atoms with Crippen LogP contribution in [0.1, 0.15) is 182 Å². The van der Waals surface area contributed by atoms with E-state index in [9.17, 15) is 0 Å². The highest BCUT2D eigenvalue weighted by Gasteiger charge is 2.49. The van der Waals surface area contributed by atoms with Crippen molar-refractivity contribution in [3.63, 3.8) is 0 Å². The summed E-state index contributed by atoms with van der Waals surface area (Å²) in [5, 5.41) is 0. The quantitative estimate of drug-likeness (QED) is 0.0392. The zero-order valence-corrected chi connectivity index (χ0v) is 33.2. The van der Waals surface area contributed by atoms with Gasteiger partial charge in [-0.15, -0.1) is 0 Å². The largest absolute Gasteiger partial charge is 0.111 e. The minimum Gasteiger partial charge on any atom is -0.0947 e. The number of hydrogen-bond donors (Lipinski definition) is 0. The average Bonchev–Trinajstić information content (AvgIpc) is 3.03. The highest BCUT2D eigenvalue weighted by atomic mass is 32.1. The van der Waals surface area contributed by atoms with Crippen molar-refractivity contribution < 1.29 is 0 Å². The third-order valence-electron chi connectivity index (χ3n) is 8.98. The molecule has 0 saturated carbocycles. The van der Waals surface area contributed by atoms with E-state index in [4.69, 9.17) is 48.9 Å². The molecule has 0 spiro atoms. The van der Waals surface area contributed by atoms with Crippen LogP contribution in [0.4, 0.5) is 0 Å². The van der Waals surface area contributed by atoms with E-state index in [1.54, 1.807) is 0 Å². The molecule has 45 heavy (non-hydrogen) atoms. The van der Waals surface area contributed by atoms with Gasteiger partial charge in [-0.05, 0) is 73.7 Å². The predicted molar refractivity (Wildman–Crippen MR) is 223 cm³/mol. The molecule has 0 aromatic heterocycles. The normalized spacial score (nSPS) is 11.3. The second-order valence-electron chi connectivity index (χ2n) is 13.1. The maximum atomic E-state index is 6.42.